The number of aryl methyl sites for hydroxylation is 1. The lowest BCUT2D eigenvalue weighted by molar-refractivity contribution is 0.0958. The highest BCUT2D eigenvalue weighted by Gasteiger charge is 2.30. The molecule has 19 heavy (non-hydrogen) atoms. The Morgan fingerprint density at radius 1 is 1.37 bits per heavy atom. The van der Waals surface area contributed by atoms with Crippen LogP contribution in [-0.2, 0) is 6.42 Å². The third-order valence-electron chi connectivity index (χ3n) is 3.48. The molecule has 0 radical (unpaired) electrons. The molecule has 3 rings (SSSR count). The number of hydrogen-bond donors (Lipinski definition) is 0. The van der Waals surface area contributed by atoms with E-state index in [4.69, 9.17) is 11.6 Å². The number of pyridine rings is 1. The molecule has 0 saturated heterocycles. The SMILES string of the molecule is O=C(c1ccc(Br)c(Cl)c1)C1CCc2cccnc21. The van der Waals surface area contributed by atoms with Crippen LogP contribution in [0.4, 0.5) is 0 Å². The molecule has 96 valence electrons. The molecular formula is C15H11BrClNO. The van der Waals surface area contributed by atoms with E-state index in [0.717, 1.165) is 23.0 Å². The Hall–Kier alpha value is -1.19. The summed E-state index contributed by atoms with van der Waals surface area (Å²) in [7, 11) is 0. The first-order chi connectivity index (χ1) is 9.16. The zero-order chi connectivity index (χ0) is 13.4. The van der Waals surface area contributed by atoms with E-state index in [-0.39, 0.29) is 11.7 Å². The molecule has 0 aliphatic heterocycles. The third-order valence-corrected chi connectivity index (χ3v) is 4.71. The molecule has 1 heterocycles. The van der Waals surface area contributed by atoms with Gasteiger partial charge in [0, 0.05) is 16.2 Å². The Kier molecular flexibility index (Phi) is 3.42. The molecule has 0 bridgehead atoms. The van der Waals surface area contributed by atoms with Crippen molar-refractivity contribution in [3.63, 3.8) is 0 Å². The fourth-order valence-electron chi connectivity index (χ4n) is 2.52. The van der Waals surface area contributed by atoms with Crippen LogP contribution in [0.3, 0.4) is 0 Å². The van der Waals surface area contributed by atoms with Gasteiger partial charge in [0.25, 0.3) is 0 Å². The summed E-state index contributed by atoms with van der Waals surface area (Å²) < 4.78 is 0.802. The van der Waals surface area contributed by atoms with E-state index in [2.05, 4.69) is 20.9 Å². The van der Waals surface area contributed by atoms with Gasteiger partial charge in [0.05, 0.1) is 16.6 Å². The maximum atomic E-state index is 12.6. The molecule has 1 aliphatic rings. The van der Waals surface area contributed by atoms with Gasteiger partial charge >= 0.3 is 0 Å². The fraction of sp³-hybridized carbons (Fsp3) is 0.200. The third kappa shape index (κ3) is 2.33. The highest BCUT2D eigenvalue weighted by molar-refractivity contribution is 9.10. The van der Waals surface area contributed by atoms with Crippen molar-refractivity contribution >= 4 is 33.3 Å². The Morgan fingerprint density at radius 2 is 2.21 bits per heavy atom. The van der Waals surface area contributed by atoms with Crippen molar-refractivity contribution in [1.29, 1.82) is 0 Å². The Bertz CT molecular complexity index is 656. The second kappa shape index (κ2) is 5.06. The summed E-state index contributed by atoms with van der Waals surface area (Å²) in [6, 6.07) is 9.30. The smallest absolute Gasteiger partial charge is 0.171 e. The van der Waals surface area contributed by atoms with Crippen molar-refractivity contribution in [2.45, 2.75) is 18.8 Å². The molecule has 0 amide bonds. The quantitative estimate of drug-likeness (QED) is 0.760. The normalized spacial score (nSPS) is 17.3. The Balaban J connectivity index is 1.95. The van der Waals surface area contributed by atoms with Crippen molar-refractivity contribution in [3.8, 4) is 0 Å². The minimum Gasteiger partial charge on any atom is -0.293 e. The minimum absolute atomic E-state index is 0.104. The second-order valence-corrected chi connectivity index (χ2v) is 5.89. The number of hydrogen-bond acceptors (Lipinski definition) is 2. The summed E-state index contributed by atoms with van der Waals surface area (Å²) in [5, 5.41) is 0.560. The monoisotopic (exact) mass is 335 g/mol. The molecule has 1 atom stereocenters. The zero-order valence-electron chi connectivity index (χ0n) is 10.1. The lowest BCUT2D eigenvalue weighted by Crippen LogP contribution is -2.11. The van der Waals surface area contributed by atoms with Crippen LogP contribution in [0.5, 0.6) is 0 Å². The van der Waals surface area contributed by atoms with E-state index >= 15 is 0 Å². The molecule has 0 saturated carbocycles. The summed E-state index contributed by atoms with van der Waals surface area (Å²) >= 11 is 9.38. The number of rotatable bonds is 2. The topological polar surface area (TPSA) is 30.0 Å². The molecule has 4 heteroatoms. The average molecular weight is 337 g/mol. The molecule has 0 spiro atoms. The van der Waals surface area contributed by atoms with Gasteiger partial charge < -0.3 is 0 Å². The number of ketones is 1. The molecule has 1 aromatic heterocycles. The van der Waals surface area contributed by atoms with Crippen molar-refractivity contribution in [3.05, 3.63) is 62.8 Å². The molecular weight excluding hydrogens is 326 g/mol. The van der Waals surface area contributed by atoms with Crippen molar-refractivity contribution in [1.82, 2.24) is 4.98 Å². The number of carbonyl (C=O) groups is 1. The molecule has 2 aromatic rings. The van der Waals surface area contributed by atoms with Crippen LogP contribution >= 0.6 is 27.5 Å². The molecule has 1 unspecified atom stereocenters. The van der Waals surface area contributed by atoms with E-state index in [1.165, 1.54) is 5.56 Å². The van der Waals surface area contributed by atoms with Crippen LogP contribution in [0.25, 0.3) is 0 Å². The summed E-state index contributed by atoms with van der Waals surface area (Å²) in [5.41, 5.74) is 2.76. The molecule has 0 fully saturated rings. The first kappa shape index (κ1) is 12.8. The Labute approximate surface area is 124 Å². The van der Waals surface area contributed by atoms with Gasteiger partial charge in [-0.2, -0.15) is 0 Å². The molecule has 2 nitrogen and oxygen atoms in total. The summed E-state index contributed by atoms with van der Waals surface area (Å²) in [4.78, 5) is 16.9. The molecule has 0 N–H and O–H groups in total. The van der Waals surface area contributed by atoms with Crippen molar-refractivity contribution < 1.29 is 4.79 Å². The standard InChI is InChI=1S/C15H11BrClNO/c16-12-6-4-10(8-13(12)17)15(19)11-5-3-9-2-1-7-18-14(9)11/h1-2,4,6-8,11H,3,5H2. The summed E-state index contributed by atoms with van der Waals surface area (Å²) in [6.45, 7) is 0. The number of carbonyl (C=O) groups excluding carboxylic acids is 1. The zero-order valence-corrected chi connectivity index (χ0v) is 12.4. The fourth-order valence-corrected chi connectivity index (χ4v) is 2.95. The predicted molar refractivity (Wildman–Crippen MR) is 78.8 cm³/mol. The summed E-state index contributed by atoms with van der Waals surface area (Å²) in [6.07, 6.45) is 3.50. The molecule has 1 aromatic carbocycles. The largest absolute Gasteiger partial charge is 0.293 e. The summed E-state index contributed by atoms with van der Waals surface area (Å²) in [5.74, 6) is -0.0275. The van der Waals surface area contributed by atoms with Gasteiger partial charge in [-0.3, -0.25) is 9.78 Å². The van der Waals surface area contributed by atoms with Gasteiger partial charge in [0.15, 0.2) is 5.78 Å². The van der Waals surface area contributed by atoms with E-state index in [1.54, 1.807) is 18.3 Å². The van der Waals surface area contributed by atoms with Gasteiger partial charge in [-0.15, -0.1) is 0 Å². The number of aromatic nitrogens is 1. The van der Waals surface area contributed by atoms with Crippen molar-refractivity contribution in [2.24, 2.45) is 0 Å². The number of benzene rings is 1. The highest BCUT2D eigenvalue weighted by atomic mass is 79.9. The van der Waals surface area contributed by atoms with E-state index in [0.29, 0.717) is 10.6 Å². The number of nitrogens with zero attached hydrogens (tertiary/aromatic N) is 1. The first-order valence-electron chi connectivity index (χ1n) is 6.10. The second-order valence-electron chi connectivity index (χ2n) is 4.63. The van der Waals surface area contributed by atoms with Crippen LogP contribution < -0.4 is 0 Å². The Morgan fingerprint density at radius 3 is 3.00 bits per heavy atom. The number of Topliss-reactive ketones (excluding diaryl/α,β-unsaturated/α-hetero) is 1. The van der Waals surface area contributed by atoms with Crippen LogP contribution in [0.1, 0.15) is 34.0 Å². The van der Waals surface area contributed by atoms with Crippen LogP contribution in [0.15, 0.2) is 41.0 Å². The van der Waals surface area contributed by atoms with Crippen LogP contribution in [0, 0.1) is 0 Å². The first-order valence-corrected chi connectivity index (χ1v) is 7.27. The maximum Gasteiger partial charge on any atom is 0.171 e. The van der Waals surface area contributed by atoms with Gasteiger partial charge in [-0.1, -0.05) is 23.7 Å². The predicted octanol–water partition coefficient (Wildman–Crippen LogP) is 4.41. The minimum atomic E-state index is -0.131. The van der Waals surface area contributed by atoms with E-state index < -0.39 is 0 Å². The van der Waals surface area contributed by atoms with Gasteiger partial charge in [0.1, 0.15) is 0 Å². The number of halogens is 2. The van der Waals surface area contributed by atoms with E-state index in [9.17, 15) is 4.79 Å². The van der Waals surface area contributed by atoms with Crippen LogP contribution in [0.2, 0.25) is 5.02 Å². The van der Waals surface area contributed by atoms with Crippen LogP contribution in [-0.4, -0.2) is 10.8 Å². The van der Waals surface area contributed by atoms with Gasteiger partial charge in [0.2, 0.25) is 0 Å². The van der Waals surface area contributed by atoms with Crippen molar-refractivity contribution in [2.75, 3.05) is 0 Å². The number of fused-ring (bicyclic) bond motifs is 1. The average Bonchev–Trinajstić information content (AvgIpc) is 2.85. The highest BCUT2D eigenvalue weighted by Crippen LogP contribution is 2.34. The molecule has 1 aliphatic carbocycles. The lowest BCUT2D eigenvalue weighted by atomic mass is 9.95. The maximum absolute atomic E-state index is 12.6. The van der Waals surface area contributed by atoms with Gasteiger partial charge in [-0.25, -0.2) is 0 Å². The van der Waals surface area contributed by atoms with E-state index in [1.807, 2.05) is 18.2 Å². The lowest BCUT2D eigenvalue weighted by Gasteiger charge is -2.10. The van der Waals surface area contributed by atoms with Gasteiger partial charge in [-0.05, 0) is 52.5 Å².